The quantitative estimate of drug-likeness (QED) is 0.663. The van der Waals surface area contributed by atoms with E-state index in [0.29, 0.717) is 12.4 Å². The van der Waals surface area contributed by atoms with Crippen LogP contribution in [0.1, 0.15) is 25.5 Å². The van der Waals surface area contributed by atoms with Gasteiger partial charge in [-0.15, -0.1) is 0 Å². The second-order valence-corrected chi connectivity index (χ2v) is 4.03. The summed E-state index contributed by atoms with van der Waals surface area (Å²) < 4.78 is 11.4. The normalized spacial score (nSPS) is 12.5. The summed E-state index contributed by atoms with van der Waals surface area (Å²) in [6.45, 7) is 4.42. The van der Waals surface area contributed by atoms with Gasteiger partial charge in [0.1, 0.15) is 5.75 Å². The Balaban J connectivity index is 2.77. The van der Waals surface area contributed by atoms with Crippen LogP contribution in [0.5, 0.6) is 5.75 Å². The third-order valence-electron chi connectivity index (χ3n) is 1.92. The van der Waals surface area contributed by atoms with Crippen LogP contribution < -0.4 is 4.74 Å². The molecule has 1 aromatic carbocycles. The summed E-state index contributed by atoms with van der Waals surface area (Å²) in [4.78, 5) is 0. The molecule has 0 unspecified atom stereocenters. The van der Waals surface area contributed by atoms with E-state index < -0.39 is 6.10 Å². The fourth-order valence-electron chi connectivity index (χ4n) is 1.17. The molecule has 0 saturated heterocycles. The zero-order valence-corrected chi connectivity index (χ0v) is 10.5. The van der Waals surface area contributed by atoms with Crippen molar-refractivity contribution in [3.8, 4) is 5.75 Å². The summed E-state index contributed by atoms with van der Waals surface area (Å²) in [6, 6.07) is 5.52. The van der Waals surface area contributed by atoms with Gasteiger partial charge >= 0.3 is 0 Å². The number of aliphatic hydroxyl groups is 1. The summed E-state index contributed by atoms with van der Waals surface area (Å²) in [7, 11) is 0. The monoisotopic (exact) mass is 274 g/mol. The van der Waals surface area contributed by atoms with Crippen LogP contribution in [0.3, 0.4) is 0 Å². The van der Waals surface area contributed by atoms with Crippen LogP contribution >= 0.6 is 15.9 Å². The minimum Gasteiger partial charge on any atom is -0.467 e. The van der Waals surface area contributed by atoms with Crippen molar-refractivity contribution < 1.29 is 14.6 Å². The van der Waals surface area contributed by atoms with E-state index in [1.165, 1.54) is 0 Å². The van der Waals surface area contributed by atoms with Crippen LogP contribution in [0.15, 0.2) is 22.7 Å². The maximum atomic E-state index is 9.54. The van der Waals surface area contributed by atoms with Gasteiger partial charge in [0.15, 0.2) is 6.79 Å². The summed E-state index contributed by atoms with van der Waals surface area (Å²) in [5, 5.41) is 9.54. The molecule has 84 valence electrons. The third kappa shape index (κ3) is 3.81. The van der Waals surface area contributed by atoms with Crippen molar-refractivity contribution in [2.24, 2.45) is 0 Å². The van der Waals surface area contributed by atoms with Gasteiger partial charge in [-0.05, 0) is 32.0 Å². The van der Waals surface area contributed by atoms with Crippen molar-refractivity contribution in [3.63, 3.8) is 0 Å². The van der Waals surface area contributed by atoms with E-state index in [9.17, 15) is 5.11 Å². The Kier molecular flexibility index (Phi) is 5.08. The standard InChI is InChI=1S/C11H15BrO3/c1-3-14-7-15-11-5-4-9(12)6-10(11)8(2)13/h4-6,8,13H,3,7H2,1-2H3/t8-/m1/s1. The van der Waals surface area contributed by atoms with Crippen molar-refractivity contribution in [1.29, 1.82) is 0 Å². The largest absolute Gasteiger partial charge is 0.467 e. The summed E-state index contributed by atoms with van der Waals surface area (Å²) in [5.41, 5.74) is 0.754. The van der Waals surface area contributed by atoms with Crippen molar-refractivity contribution in [1.82, 2.24) is 0 Å². The Morgan fingerprint density at radius 2 is 2.20 bits per heavy atom. The van der Waals surface area contributed by atoms with Crippen molar-refractivity contribution in [3.05, 3.63) is 28.2 Å². The molecule has 0 bridgehead atoms. The number of hydrogen-bond acceptors (Lipinski definition) is 3. The van der Waals surface area contributed by atoms with Crippen LogP contribution in [-0.4, -0.2) is 18.5 Å². The molecule has 0 saturated carbocycles. The van der Waals surface area contributed by atoms with Gasteiger partial charge in [0.25, 0.3) is 0 Å². The lowest BCUT2D eigenvalue weighted by Gasteiger charge is -2.13. The van der Waals surface area contributed by atoms with E-state index in [4.69, 9.17) is 9.47 Å². The van der Waals surface area contributed by atoms with E-state index in [-0.39, 0.29) is 6.79 Å². The van der Waals surface area contributed by atoms with Gasteiger partial charge in [-0.1, -0.05) is 15.9 Å². The molecule has 0 amide bonds. The Morgan fingerprint density at radius 1 is 1.47 bits per heavy atom. The molecule has 15 heavy (non-hydrogen) atoms. The zero-order chi connectivity index (χ0) is 11.3. The van der Waals surface area contributed by atoms with E-state index >= 15 is 0 Å². The predicted octanol–water partition coefficient (Wildman–Crippen LogP) is 2.88. The van der Waals surface area contributed by atoms with Gasteiger partial charge in [0, 0.05) is 16.6 Å². The highest BCUT2D eigenvalue weighted by Gasteiger charge is 2.09. The third-order valence-corrected chi connectivity index (χ3v) is 2.42. The maximum absolute atomic E-state index is 9.54. The fourth-order valence-corrected chi connectivity index (χ4v) is 1.54. The first kappa shape index (κ1) is 12.5. The van der Waals surface area contributed by atoms with Gasteiger partial charge in [0.05, 0.1) is 6.10 Å². The first-order valence-corrected chi connectivity index (χ1v) is 5.62. The van der Waals surface area contributed by atoms with Crippen LogP contribution in [0.25, 0.3) is 0 Å². The zero-order valence-electron chi connectivity index (χ0n) is 8.87. The van der Waals surface area contributed by atoms with E-state index in [2.05, 4.69) is 15.9 Å². The molecule has 1 rings (SSSR count). The number of benzene rings is 1. The predicted molar refractivity (Wildman–Crippen MR) is 61.9 cm³/mol. The van der Waals surface area contributed by atoms with Crippen molar-refractivity contribution >= 4 is 15.9 Å². The topological polar surface area (TPSA) is 38.7 Å². The minimum absolute atomic E-state index is 0.206. The Hall–Kier alpha value is -0.580. The molecule has 0 aliphatic heterocycles. The van der Waals surface area contributed by atoms with Gasteiger partial charge < -0.3 is 14.6 Å². The first-order valence-electron chi connectivity index (χ1n) is 4.83. The SMILES string of the molecule is CCOCOc1ccc(Br)cc1[C@@H](C)O. The van der Waals surface area contributed by atoms with E-state index in [0.717, 1.165) is 10.0 Å². The van der Waals surface area contributed by atoms with Gasteiger partial charge in [0.2, 0.25) is 0 Å². The number of aliphatic hydroxyl groups excluding tert-OH is 1. The van der Waals surface area contributed by atoms with Crippen LogP contribution in [-0.2, 0) is 4.74 Å². The summed E-state index contributed by atoms with van der Waals surface area (Å²) in [5.74, 6) is 0.654. The molecular weight excluding hydrogens is 260 g/mol. The molecule has 4 heteroatoms. The first-order chi connectivity index (χ1) is 7.15. The minimum atomic E-state index is -0.556. The van der Waals surface area contributed by atoms with Gasteiger partial charge in [-0.25, -0.2) is 0 Å². The molecule has 1 aromatic rings. The highest BCUT2D eigenvalue weighted by atomic mass is 79.9. The van der Waals surface area contributed by atoms with Crippen LogP contribution in [0.2, 0.25) is 0 Å². The van der Waals surface area contributed by atoms with Gasteiger partial charge in [-0.2, -0.15) is 0 Å². The molecule has 0 radical (unpaired) electrons. The lowest BCUT2D eigenvalue weighted by Crippen LogP contribution is -2.05. The molecule has 1 atom stereocenters. The molecule has 0 heterocycles. The molecule has 3 nitrogen and oxygen atoms in total. The molecular formula is C11H15BrO3. The second kappa shape index (κ2) is 6.10. The molecule has 0 aliphatic rings. The molecule has 0 fully saturated rings. The number of rotatable bonds is 5. The highest BCUT2D eigenvalue weighted by molar-refractivity contribution is 9.10. The number of hydrogen-bond donors (Lipinski definition) is 1. The summed E-state index contributed by atoms with van der Waals surface area (Å²) in [6.07, 6.45) is -0.556. The fraction of sp³-hybridized carbons (Fsp3) is 0.455. The van der Waals surface area contributed by atoms with E-state index in [1.807, 2.05) is 25.1 Å². The lowest BCUT2D eigenvalue weighted by atomic mass is 10.1. The summed E-state index contributed by atoms with van der Waals surface area (Å²) >= 11 is 3.35. The molecule has 1 N–H and O–H groups in total. The number of halogens is 1. The van der Waals surface area contributed by atoms with Crippen LogP contribution in [0.4, 0.5) is 0 Å². The smallest absolute Gasteiger partial charge is 0.189 e. The van der Waals surface area contributed by atoms with E-state index in [1.54, 1.807) is 6.92 Å². The second-order valence-electron chi connectivity index (χ2n) is 3.11. The van der Waals surface area contributed by atoms with Gasteiger partial charge in [-0.3, -0.25) is 0 Å². The van der Waals surface area contributed by atoms with Crippen LogP contribution in [0, 0.1) is 0 Å². The van der Waals surface area contributed by atoms with Crippen molar-refractivity contribution in [2.45, 2.75) is 20.0 Å². The molecule has 0 spiro atoms. The lowest BCUT2D eigenvalue weighted by molar-refractivity contribution is 0.0204. The maximum Gasteiger partial charge on any atom is 0.189 e. The Morgan fingerprint density at radius 3 is 2.80 bits per heavy atom. The average Bonchev–Trinajstić information content (AvgIpc) is 2.20. The highest BCUT2D eigenvalue weighted by Crippen LogP contribution is 2.28. The van der Waals surface area contributed by atoms with Crippen molar-refractivity contribution in [2.75, 3.05) is 13.4 Å². The average molecular weight is 275 g/mol. The Labute approximate surface area is 98.1 Å². The number of ether oxygens (including phenoxy) is 2. The Bertz CT molecular complexity index is 313. The molecule has 0 aromatic heterocycles. The molecule has 0 aliphatic carbocycles.